The van der Waals surface area contributed by atoms with Gasteiger partial charge in [-0.2, -0.15) is 0 Å². The summed E-state index contributed by atoms with van der Waals surface area (Å²) in [5.41, 5.74) is 8.87. The summed E-state index contributed by atoms with van der Waals surface area (Å²) in [6.07, 6.45) is 0. The molecule has 0 atom stereocenters. The molecule has 110 valence electrons. The number of nitrogens with zero attached hydrogens (tertiary/aromatic N) is 1. The highest BCUT2D eigenvalue weighted by Gasteiger charge is 2.07. The highest BCUT2D eigenvalue weighted by Crippen LogP contribution is 2.26. The molecule has 2 aromatic rings. The number of benzene rings is 2. The van der Waals surface area contributed by atoms with Crippen LogP contribution in [0.2, 0.25) is 0 Å². The standard InChI is InChI=1S/C16H17FN2OS/c1-10-3-6-14(7-11(10)2)21-9-13-5-4-12(8-15(13)17)16(18)19-20/h3-8,20H,9H2,1-2H3,(H2,18,19). The van der Waals surface area contributed by atoms with Gasteiger partial charge < -0.3 is 10.9 Å². The number of oxime groups is 1. The van der Waals surface area contributed by atoms with Gasteiger partial charge in [-0.1, -0.05) is 23.4 Å². The summed E-state index contributed by atoms with van der Waals surface area (Å²) in [6, 6.07) is 10.8. The number of hydrogen-bond acceptors (Lipinski definition) is 3. The van der Waals surface area contributed by atoms with E-state index in [1.54, 1.807) is 23.9 Å². The Bertz CT molecular complexity index is 686. The maximum Gasteiger partial charge on any atom is 0.170 e. The quantitative estimate of drug-likeness (QED) is 0.297. The fraction of sp³-hybridized carbons (Fsp3) is 0.188. The van der Waals surface area contributed by atoms with Crippen LogP contribution in [0.3, 0.4) is 0 Å². The van der Waals surface area contributed by atoms with Crippen LogP contribution in [0.4, 0.5) is 4.39 Å². The van der Waals surface area contributed by atoms with E-state index < -0.39 is 0 Å². The molecule has 0 aliphatic carbocycles. The minimum absolute atomic E-state index is 0.0951. The van der Waals surface area contributed by atoms with Crippen LogP contribution in [-0.4, -0.2) is 11.0 Å². The molecule has 2 rings (SSSR count). The second-order valence-corrected chi connectivity index (χ2v) is 5.87. The lowest BCUT2D eigenvalue weighted by Gasteiger charge is -2.07. The Balaban J connectivity index is 2.11. The zero-order chi connectivity index (χ0) is 15.4. The largest absolute Gasteiger partial charge is 0.409 e. The van der Waals surface area contributed by atoms with Gasteiger partial charge in [-0.15, -0.1) is 11.8 Å². The maximum atomic E-state index is 14.0. The summed E-state index contributed by atoms with van der Waals surface area (Å²) in [4.78, 5) is 1.11. The first-order valence-corrected chi connectivity index (χ1v) is 7.46. The van der Waals surface area contributed by atoms with Crippen molar-refractivity contribution in [3.05, 3.63) is 64.5 Å². The molecular weight excluding hydrogens is 287 g/mol. The van der Waals surface area contributed by atoms with E-state index in [-0.39, 0.29) is 11.7 Å². The van der Waals surface area contributed by atoms with Crippen LogP contribution in [0.15, 0.2) is 46.4 Å². The lowest BCUT2D eigenvalue weighted by atomic mass is 10.1. The third-order valence-corrected chi connectivity index (χ3v) is 4.37. The van der Waals surface area contributed by atoms with Gasteiger partial charge in [-0.25, -0.2) is 4.39 Å². The minimum atomic E-state index is -0.351. The lowest BCUT2D eigenvalue weighted by molar-refractivity contribution is 0.318. The third kappa shape index (κ3) is 3.76. The molecule has 0 unspecified atom stereocenters. The number of amidine groups is 1. The molecule has 0 amide bonds. The topological polar surface area (TPSA) is 58.6 Å². The van der Waals surface area contributed by atoms with Crippen molar-refractivity contribution in [1.82, 2.24) is 0 Å². The Labute approximate surface area is 127 Å². The maximum absolute atomic E-state index is 14.0. The molecule has 5 heteroatoms. The van der Waals surface area contributed by atoms with E-state index in [9.17, 15) is 4.39 Å². The van der Waals surface area contributed by atoms with Crippen LogP contribution in [0.25, 0.3) is 0 Å². The number of thioether (sulfide) groups is 1. The van der Waals surface area contributed by atoms with Gasteiger partial charge >= 0.3 is 0 Å². The summed E-state index contributed by atoms with van der Waals surface area (Å²) in [6.45, 7) is 4.13. The highest BCUT2D eigenvalue weighted by molar-refractivity contribution is 7.98. The molecular formula is C16H17FN2OS. The van der Waals surface area contributed by atoms with E-state index in [1.165, 1.54) is 17.2 Å². The Morgan fingerprint density at radius 2 is 1.95 bits per heavy atom. The predicted octanol–water partition coefficient (Wildman–Crippen LogP) is 3.83. The first-order valence-electron chi connectivity index (χ1n) is 6.47. The first kappa shape index (κ1) is 15.4. The zero-order valence-corrected chi connectivity index (χ0v) is 12.7. The van der Waals surface area contributed by atoms with Crippen molar-refractivity contribution in [1.29, 1.82) is 0 Å². The monoisotopic (exact) mass is 304 g/mol. The van der Waals surface area contributed by atoms with Gasteiger partial charge in [0.05, 0.1) is 0 Å². The normalized spacial score (nSPS) is 11.7. The Morgan fingerprint density at radius 3 is 2.57 bits per heavy atom. The second kappa shape index (κ2) is 6.63. The molecule has 0 aromatic heterocycles. The van der Waals surface area contributed by atoms with Crippen LogP contribution >= 0.6 is 11.8 Å². The molecule has 0 saturated heterocycles. The zero-order valence-electron chi connectivity index (χ0n) is 11.9. The van der Waals surface area contributed by atoms with Gasteiger partial charge in [0.15, 0.2) is 5.84 Å². The van der Waals surface area contributed by atoms with Crippen molar-refractivity contribution >= 4 is 17.6 Å². The van der Waals surface area contributed by atoms with E-state index in [4.69, 9.17) is 10.9 Å². The average Bonchev–Trinajstić information content (AvgIpc) is 2.48. The van der Waals surface area contributed by atoms with Gasteiger partial charge in [0, 0.05) is 16.2 Å². The van der Waals surface area contributed by atoms with Gasteiger partial charge in [0.2, 0.25) is 0 Å². The number of rotatable bonds is 4. The average molecular weight is 304 g/mol. The van der Waals surface area contributed by atoms with Gasteiger partial charge in [0.25, 0.3) is 0 Å². The van der Waals surface area contributed by atoms with E-state index in [0.717, 1.165) is 4.90 Å². The molecule has 3 nitrogen and oxygen atoms in total. The number of hydrogen-bond donors (Lipinski definition) is 2. The van der Waals surface area contributed by atoms with Crippen LogP contribution in [0.1, 0.15) is 22.3 Å². The predicted molar refractivity (Wildman–Crippen MR) is 84.4 cm³/mol. The molecule has 0 aliphatic rings. The van der Waals surface area contributed by atoms with Crippen molar-refractivity contribution in [2.45, 2.75) is 24.5 Å². The third-order valence-electron chi connectivity index (χ3n) is 3.33. The molecule has 0 bridgehead atoms. The van der Waals surface area contributed by atoms with Crippen LogP contribution in [-0.2, 0) is 5.75 Å². The van der Waals surface area contributed by atoms with Crippen LogP contribution in [0.5, 0.6) is 0 Å². The summed E-state index contributed by atoms with van der Waals surface area (Å²) in [7, 11) is 0. The molecule has 21 heavy (non-hydrogen) atoms. The molecule has 3 N–H and O–H groups in total. The number of halogens is 1. The number of aryl methyl sites for hydroxylation is 2. The van der Waals surface area contributed by atoms with Crippen molar-refractivity contribution in [3.63, 3.8) is 0 Å². The van der Waals surface area contributed by atoms with E-state index in [2.05, 4.69) is 31.1 Å². The van der Waals surface area contributed by atoms with Crippen molar-refractivity contribution in [3.8, 4) is 0 Å². The number of nitrogens with two attached hydrogens (primary N) is 1. The smallest absolute Gasteiger partial charge is 0.170 e. The molecule has 0 heterocycles. The van der Waals surface area contributed by atoms with Crippen LogP contribution in [0, 0.1) is 19.7 Å². The van der Waals surface area contributed by atoms with Gasteiger partial charge in [-0.05, 0) is 48.7 Å². The van der Waals surface area contributed by atoms with E-state index in [1.807, 2.05) is 6.07 Å². The Kier molecular flexibility index (Phi) is 4.85. The van der Waals surface area contributed by atoms with Gasteiger partial charge in [0.1, 0.15) is 5.82 Å². The van der Waals surface area contributed by atoms with E-state index in [0.29, 0.717) is 16.9 Å². The molecule has 0 radical (unpaired) electrons. The molecule has 0 saturated carbocycles. The summed E-state index contributed by atoms with van der Waals surface area (Å²) >= 11 is 1.58. The lowest BCUT2D eigenvalue weighted by Crippen LogP contribution is -2.13. The van der Waals surface area contributed by atoms with Gasteiger partial charge in [-0.3, -0.25) is 0 Å². The Morgan fingerprint density at radius 1 is 1.19 bits per heavy atom. The van der Waals surface area contributed by atoms with Crippen molar-refractivity contribution < 1.29 is 9.60 Å². The van der Waals surface area contributed by atoms with Crippen molar-refractivity contribution in [2.75, 3.05) is 0 Å². The fourth-order valence-electron chi connectivity index (χ4n) is 1.85. The summed E-state index contributed by atoms with van der Waals surface area (Å²) < 4.78 is 14.0. The Hall–Kier alpha value is -2.01. The van der Waals surface area contributed by atoms with Crippen molar-refractivity contribution in [2.24, 2.45) is 10.9 Å². The highest BCUT2D eigenvalue weighted by atomic mass is 32.2. The molecule has 0 spiro atoms. The SMILES string of the molecule is Cc1ccc(SCc2ccc(/C(N)=N/O)cc2F)cc1C. The summed E-state index contributed by atoms with van der Waals surface area (Å²) in [5.74, 6) is 0.0859. The molecule has 0 aliphatic heterocycles. The second-order valence-electron chi connectivity index (χ2n) is 4.83. The van der Waals surface area contributed by atoms with Crippen LogP contribution < -0.4 is 5.73 Å². The molecule has 2 aromatic carbocycles. The molecule has 0 fully saturated rings. The van der Waals surface area contributed by atoms with E-state index >= 15 is 0 Å². The fourth-order valence-corrected chi connectivity index (χ4v) is 2.83. The summed E-state index contributed by atoms with van der Waals surface area (Å²) in [5, 5.41) is 11.4. The minimum Gasteiger partial charge on any atom is -0.409 e. The first-order chi connectivity index (χ1) is 10.0.